The summed E-state index contributed by atoms with van der Waals surface area (Å²) in [4.78, 5) is 51.2. The Labute approximate surface area is 207 Å². The molecule has 1 saturated heterocycles. The van der Waals surface area contributed by atoms with Gasteiger partial charge in [-0.3, -0.25) is 10.1 Å². The van der Waals surface area contributed by atoms with Crippen molar-refractivity contribution in [2.45, 2.75) is 98.2 Å². The molecule has 11 nitrogen and oxygen atoms in total. The van der Waals surface area contributed by atoms with E-state index in [1.54, 1.807) is 48.5 Å². The number of hydrogen-bond acceptors (Lipinski definition) is 9. The number of hydrogen-bond donors (Lipinski definition) is 1. The Morgan fingerprint density at radius 3 is 2.03 bits per heavy atom. The first-order chi connectivity index (χ1) is 16.1. The van der Waals surface area contributed by atoms with Crippen molar-refractivity contribution in [3.05, 3.63) is 0 Å². The summed E-state index contributed by atoms with van der Waals surface area (Å²) in [7, 11) is 0. The van der Waals surface area contributed by atoms with Gasteiger partial charge in [-0.2, -0.15) is 4.99 Å². The molecule has 1 aliphatic rings. The molecule has 11 heteroatoms. The largest absolute Gasteiger partial charge is 0.508 e. The van der Waals surface area contributed by atoms with Gasteiger partial charge in [0.1, 0.15) is 35.7 Å². The van der Waals surface area contributed by atoms with Gasteiger partial charge in [0.05, 0.1) is 6.61 Å². The van der Waals surface area contributed by atoms with Gasteiger partial charge >= 0.3 is 24.3 Å². The minimum atomic E-state index is -0.987. The Morgan fingerprint density at radius 1 is 0.914 bits per heavy atom. The van der Waals surface area contributed by atoms with Crippen molar-refractivity contribution in [3.63, 3.8) is 0 Å². The van der Waals surface area contributed by atoms with Crippen molar-refractivity contribution in [3.8, 4) is 0 Å². The Morgan fingerprint density at radius 2 is 1.46 bits per heavy atom. The standard InChI is InChI=1S/C24H40N2O9/c1-22(2,3)34-19(28)25-17(26-20(29)35-23(4,5)6)13-11-9-8-10-12-14-31-18(27)24(7)15-32-21(30)33-16-24/h8-16H2,1-7H3,(H,25,26,28,29). The minimum Gasteiger partial charge on any atom is -0.465 e. The first-order valence-corrected chi connectivity index (χ1v) is 11.9. The van der Waals surface area contributed by atoms with Crippen LogP contribution in [0, 0.1) is 5.41 Å². The number of unbranched alkanes of at least 4 members (excludes halogenated alkanes) is 4. The maximum Gasteiger partial charge on any atom is 0.508 e. The second-order valence-electron chi connectivity index (χ2n) is 10.7. The Bertz CT molecular complexity index is 769. The first kappa shape index (κ1) is 30.2. The van der Waals surface area contributed by atoms with Crippen LogP contribution in [-0.4, -0.2) is 61.2 Å². The quantitative estimate of drug-likeness (QED) is 0.154. The number of alkyl carbamates (subject to hydrolysis) is 1. The number of esters is 1. The number of amidine groups is 1. The van der Waals surface area contributed by atoms with Crippen molar-refractivity contribution < 1.29 is 42.9 Å². The molecule has 0 spiro atoms. The summed E-state index contributed by atoms with van der Waals surface area (Å²) < 4.78 is 25.3. The van der Waals surface area contributed by atoms with Gasteiger partial charge in [-0.25, -0.2) is 14.4 Å². The van der Waals surface area contributed by atoms with Gasteiger partial charge in [0.15, 0.2) is 0 Å². The molecule has 0 bridgehead atoms. The molecule has 0 aromatic rings. The molecule has 0 radical (unpaired) electrons. The molecular weight excluding hydrogens is 460 g/mol. The van der Waals surface area contributed by atoms with Gasteiger partial charge in [0.2, 0.25) is 0 Å². The van der Waals surface area contributed by atoms with Gasteiger partial charge < -0.3 is 23.7 Å². The fourth-order valence-electron chi connectivity index (χ4n) is 2.86. The Balaban J connectivity index is 2.38. The molecule has 1 rings (SSSR count). The van der Waals surface area contributed by atoms with E-state index in [4.69, 9.17) is 23.7 Å². The van der Waals surface area contributed by atoms with Crippen molar-refractivity contribution in [2.24, 2.45) is 10.4 Å². The zero-order chi connectivity index (χ0) is 26.7. The minimum absolute atomic E-state index is 0.0603. The molecule has 0 aromatic heterocycles. The summed E-state index contributed by atoms with van der Waals surface area (Å²) in [6.45, 7) is 12.2. The topological polar surface area (TPSA) is 139 Å². The van der Waals surface area contributed by atoms with E-state index < -0.39 is 40.9 Å². The van der Waals surface area contributed by atoms with Gasteiger partial charge in [-0.05, 0) is 61.3 Å². The van der Waals surface area contributed by atoms with E-state index in [0.717, 1.165) is 19.3 Å². The van der Waals surface area contributed by atoms with Crippen LogP contribution in [0.25, 0.3) is 0 Å². The second-order valence-corrected chi connectivity index (χ2v) is 10.7. The zero-order valence-electron chi connectivity index (χ0n) is 22.0. The van der Waals surface area contributed by atoms with E-state index in [2.05, 4.69) is 10.3 Å². The van der Waals surface area contributed by atoms with Crippen LogP contribution in [0.1, 0.15) is 87.0 Å². The highest BCUT2D eigenvalue weighted by molar-refractivity contribution is 6.00. The molecule has 0 aromatic carbocycles. The average Bonchev–Trinajstić information content (AvgIpc) is 2.69. The molecular formula is C24H40N2O9. The van der Waals surface area contributed by atoms with E-state index in [1.807, 2.05) is 0 Å². The molecule has 2 amide bonds. The van der Waals surface area contributed by atoms with Crippen LogP contribution in [0.2, 0.25) is 0 Å². The summed E-state index contributed by atoms with van der Waals surface area (Å²) in [5.41, 5.74) is -2.37. The molecule has 1 aliphatic heterocycles. The average molecular weight is 501 g/mol. The zero-order valence-corrected chi connectivity index (χ0v) is 22.0. The SMILES string of the molecule is CC(C)(C)OC(=O)N=C(CCCCCCCOC(=O)C1(C)COC(=O)OC1)NC(=O)OC(C)(C)C. The van der Waals surface area contributed by atoms with Crippen molar-refractivity contribution in [1.29, 1.82) is 0 Å². The third-order valence-electron chi connectivity index (χ3n) is 4.57. The summed E-state index contributed by atoms with van der Waals surface area (Å²) in [6.07, 6.45) is 1.98. The van der Waals surface area contributed by atoms with E-state index in [1.165, 1.54) is 0 Å². The molecule has 1 heterocycles. The molecule has 1 N–H and O–H groups in total. The maximum atomic E-state index is 12.2. The molecule has 0 saturated carbocycles. The highest BCUT2D eigenvalue weighted by Gasteiger charge is 2.41. The summed E-state index contributed by atoms with van der Waals surface area (Å²) in [5, 5.41) is 2.54. The fourth-order valence-corrected chi connectivity index (χ4v) is 2.86. The molecule has 0 aliphatic carbocycles. The number of nitrogens with one attached hydrogen (secondary N) is 1. The van der Waals surface area contributed by atoms with Crippen molar-refractivity contribution in [2.75, 3.05) is 19.8 Å². The van der Waals surface area contributed by atoms with Gasteiger partial charge in [0.25, 0.3) is 0 Å². The number of carbonyl (C=O) groups is 4. The van der Waals surface area contributed by atoms with E-state index >= 15 is 0 Å². The molecule has 200 valence electrons. The predicted octanol–water partition coefficient (Wildman–Crippen LogP) is 4.90. The van der Waals surface area contributed by atoms with Crippen LogP contribution in [0.3, 0.4) is 0 Å². The number of rotatable bonds is 9. The highest BCUT2D eigenvalue weighted by Crippen LogP contribution is 2.24. The number of ether oxygens (including phenoxy) is 5. The second kappa shape index (κ2) is 13.3. The predicted molar refractivity (Wildman–Crippen MR) is 127 cm³/mol. The number of amides is 2. The third-order valence-corrected chi connectivity index (χ3v) is 4.57. The molecule has 35 heavy (non-hydrogen) atoms. The maximum absolute atomic E-state index is 12.2. The lowest BCUT2D eigenvalue weighted by atomic mass is 9.93. The molecule has 0 atom stereocenters. The Kier molecular flexibility index (Phi) is 11.5. The summed E-state index contributed by atoms with van der Waals surface area (Å²) in [6, 6.07) is 0. The van der Waals surface area contributed by atoms with Gasteiger partial charge in [0, 0.05) is 6.42 Å². The van der Waals surface area contributed by atoms with E-state index in [0.29, 0.717) is 19.3 Å². The van der Waals surface area contributed by atoms with Crippen LogP contribution in [0.4, 0.5) is 14.4 Å². The van der Waals surface area contributed by atoms with Crippen LogP contribution in [0.15, 0.2) is 4.99 Å². The lowest BCUT2D eigenvalue weighted by Crippen LogP contribution is -2.44. The van der Waals surface area contributed by atoms with Crippen LogP contribution >= 0.6 is 0 Å². The lowest BCUT2D eigenvalue weighted by molar-refractivity contribution is -0.166. The molecule has 1 fully saturated rings. The van der Waals surface area contributed by atoms with Crippen LogP contribution < -0.4 is 5.32 Å². The summed E-state index contributed by atoms with van der Waals surface area (Å²) >= 11 is 0. The highest BCUT2D eigenvalue weighted by atomic mass is 16.7. The fraction of sp³-hybridized carbons (Fsp3) is 0.792. The van der Waals surface area contributed by atoms with Crippen LogP contribution in [-0.2, 0) is 28.5 Å². The molecule has 0 unspecified atom stereocenters. The number of carbonyl (C=O) groups excluding carboxylic acids is 4. The smallest absolute Gasteiger partial charge is 0.465 e. The van der Waals surface area contributed by atoms with Crippen molar-refractivity contribution >= 4 is 30.1 Å². The first-order valence-electron chi connectivity index (χ1n) is 11.9. The lowest BCUT2D eigenvalue weighted by Gasteiger charge is -2.29. The normalized spacial score (nSPS) is 16.0. The number of aliphatic imine (C=N–C) groups is 1. The van der Waals surface area contributed by atoms with E-state index in [-0.39, 0.29) is 25.7 Å². The number of nitrogens with zero attached hydrogens (tertiary/aromatic N) is 1. The van der Waals surface area contributed by atoms with Gasteiger partial charge in [-0.15, -0.1) is 0 Å². The van der Waals surface area contributed by atoms with E-state index in [9.17, 15) is 19.2 Å². The monoisotopic (exact) mass is 500 g/mol. The van der Waals surface area contributed by atoms with Crippen LogP contribution in [0.5, 0.6) is 0 Å². The van der Waals surface area contributed by atoms with Gasteiger partial charge in [-0.1, -0.05) is 19.3 Å². The number of cyclic esters (lactones) is 2. The third kappa shape index (κ3) is 13.6. The van der Waals surface area contributed by atoms with Crippen molar-refractivity contribution in [1.82, 2.24) is 5.32 Å². The Hall–Kier alpha value is -2.85. The summed E-state index contributed by atoms with van der Waals surface area (Å²) in [5.74, 6) is -0.271.